The maximum absolute atomic E-state index is 5.93. The van der Waals surface area contributed by atoms with Crippen LogP contribution >= 0.6 is 23.4 Å². The minimum atomic E-state index is 0.466. The van der Waals surface area contributed by atoms with E-state index < -0.39 is 0 Å². The molecule has 0 amide bonds. The van der Waals surface area contributed by atoms with Crippen molar-refractivity contribution in [2.45, 2.75) is 24.3 Å². The van der Waals surface area contributed by atoms with E-state index in [1.165, 1.54) is 17.3 Å². The molecule has 0 aliphatic rings. The second kappa shape index (κ2) is 7.89. The van der Waals surface area contributed by atoms with Gasteiger partial charge in [0, 0.05) is 10.6 Å². The Labute approximate surface area is 164 Å². The van der Waals surface area contributed by atoms with Gasteiger partial charge in [-0.25, -0.2) is 0 Å². The predicted molar refractivity (Wildman–Crippen MR) is 103 cm³/mol. The summed E-state index contributed by atoms with van der Waals surface area (Å²) in [6.45, 7) is 2.12. The molecular weight excluding hydrogens is 384 g/mol. The van der Waals surface area contributed by atoms with Gasteiger partial charge in [-0.15, -0.1) is 5.10 Å². The smallest absolute Gasteiger partial charge is 0.237 e. The van der Waals surface area contributed by atoms with Gasteiger partial charge in [-0.2, -0.15) is 9.67 Å². The summed E-state index contributed by atoms with van der Waals surface area (Å²) in [6.07, 6.45) is 0.997. The molecule has 0 bridgehead atoms. The number of aryl methyl sites for hydroxylation is 1. The van der Waals surface area contributed by atoms with E-state index in [9.17, 15) is 0 Å². The molecule has 0 saturated carbocycles. The number of thioether (sulfide) groups is 1. The lowest BCUT2D eigenvalue weighted by Gasteiger charge is -2.02. The molecule has 9 heteroatoms. The van der Waals surface area contributed by atoms with Gasteiger partial charge in [-0.3, -0.25) is 0 Å². The summed E-state index contributed by atoms with van der Waals surface area (Å²) in [4.78, 5) is 4.46. The maximum atomic E-state index is 5.93. The van der Waals surface area contributed by atoms with Crippen molar-refractivity contribution < 1.29 is 4.52 Å². The van der Waals surface area contributed by atoms with Crippen molar-refractivity contribution >= 4 is 23.4 Å². The summed E-state index contributed by atoms with van der Waals surface area (Å²) in [6, 6.07) is 15.4. The Morgan fingerprint density at radius 3 is 2.59 bits per heavy atom. The molecule has 0 fully saturated rings. The number of halogens is 1. The first-order chi connectivity index (χ1) is 13.2. The Bertz CT molecular complexity index is 1030. The molecule has 136 valence electrons. The van der Waals surface area contributed by atoms with E-state index in [0.29, 0.717) is 27.6 Å². The van der Waals surface area contributed by atoms with Gasteiger partial charge >= 0.3 is 0 Å². The highest BCUT2D eigenvalue weighted by Gasteiger charge is 2.13. The van der Waals surface area contributed by atoms with Crippen LogP contribution in [0.1, 0.15) is 18.4 Å². The lowest BCUT2D eigenvalue weighted by molar-refractivity contribution is 0.391. The predicted octanol–water partition coefficient (Wildman–Crippen LogP) is 4.22. The quantitative estimate of drug-likeness (QED) is 0.449. The fraction of sp³-hybridized carbons (Fsp3) is 0.167. The number of nitrogens with zero attached hydrogens (tertiary/aromatic N) is 6. The van der Waals surface area contributed by atoms with E-state index in [-0.39, 0.29) is 0 Å². The highest BCUT2D eigenvalue weighted by atomic mass is 35.5. The zero-order valence-corrected chi connectivity index (χ0v) is 16.0. The van der Waals surface area contributed by atoms with Crippen molar-refractivity contribution in [2.24, 2.45) is 0 Å². The standard InChI is InChI=1S/C18H15ClN6OS/c1-2-12-3-5-13(6-4-12)17-20-16(26-22-17)11-27-18-21-23-24-25(18)15-9-7-14(19)8-10-15/h3-10H,2,11H2,1H3. The fourth-order valence-electron chi connectivity index (χ4n) is 2.46. The van der Waals surface area contributed by atoms with Gasteiger partial charge in [0.15, 0.2) is 0 Å². The van der Waals surface area contributed by atoms with Gasteiger partial charge in [0.05, 0.1) is 11.4 Å². The van der Waals surface area contributed by atoms with Crippen LogP contribution < -0.4 is 0 Å². The van der Waals surface area contributed by atoms with Crippen LogP contribution in [-0.2, 0) is 12.2 Å². The Balaban J connectivity index is 1.46. The van der Waals surface area contributed by atoms with Gasteiger partial charge in [-0.1, -0.05) is 59.7 Å². The van der Waals surface area contributed by atoms with Crippen LogP contribution in [0.25, 0.3) is 17.1 Å². The monoisotopic (exact) mass is 398 g/mol. The van der Waals surface area contributed by atoms with Crippen LogP contribution in [0, 0.1) is 0 Å². The summed E-state index contributed by atoms with van der Waals surface area (Å²) in [7, 11) is 0. The van der Waals surface area contributed by atoms with Crippen LogP contribution in [0.5, 0.6) is 0 Å². The summed E-state index contributed by atoms with van der Waals surface area (Å²) >= 11 is 7.35. The Kier molecular flexibility index (Phi) is 5.17. The van der Waals surface area contributed by atoms with Crippen LogP contribution in [0.15, 0.2) is 58.2 Å². The maximum Gasteiger partial charge on any atom is 0.237 e. The molecule has 0 N–H and O–H groups in total. The van der Waals surface area contributed by atoms with Crippen LogP contribution in [0.3, 0.4) is 0 Å². The molecule has 27 heavy (non-hydrogen) atoms. The first-order valence-corrected chi connectivity index (χ1v) is 9.68. The van der Waals surface area contributed by atoms with Gasteiger partial charge in [-0.05, 0) is 46.7 Å². The van der Waals surface area contributed by atoms with E-state index >= 15 is 0 Å². The molecule has 0 saturated heterocycles. The first-order valence-electron chi connectivity index (χ1n) is 8.32. The molecule has 0 aliphatic carbocycles. The summed E-state index contributed by atoms with van der Waals surface area (Å²) in [5, 5.41) is 17.2. The Morgan fingerprint density at radius 2 is 1.85 bits per heavy atom. The largest absolute Gasteiger partial charge is 0.338 e. The van der Waals surface area contributed by atoms with Gasteiger partial charge in [0.25, 0.3) is 0 Å². The van der Waals surface area contributed by atoms with Crippen LogP contribution in [-0.4, -0.2) is 30.3 Å². The van der Waals surface area contributed by atoms with E-state index in [4.69, 9.17) is 16.1 Å². The molecule has 0 radical (unpaired) electrons. The van der Waals surface area contributed by atoms with Crippen molar-refractivity contribution in [1.82, 2.24) is 30.3 Å². The average Bonchev–Trinajstić information content (AvgIpc) is 3.36. The normalized spacial score (nSPS) is 11.0. The van der Waals surface area contributed by atoms with Gasteiger partial charge in [0.1, 0.15) is 0 Å². The van der Waals surface area contributed by atoms with E-state index in [0.717, 1.165) is 17.7 Å². The molecule has 0 spiro atoms. The molecule has 2 heterocycles. The van der Waals surface area contributed by atoms with Gasteiger partial charge in [0.2, 0.25) is 16.9 Å². The number of aromatic nitrogens is 6. The number of tetrazole rings is 1. The van der Waals surface area contributed by atoms with Crippen molar-refractivity contribution in [3.05, 3.63) is 65.0 Å². The second-order valence-electron chi connectivity index (χ2n) is 5.70. The van der Waals surface area contributed by atoms with Crippen molar-refractivity contribution in [3.8, 4) is 17.1 Å². The lowest BCUT2D eigenvalue weighted by Crippen LogP contribution is -1.98. The lowest BCUT2D eigenvalue weighted by atomic mass is 10.1. The fourth-order valence-corrected chi connectivity index (χ4v) is 3.31. The summed E-state index contributed by atoms with van der Waals surface area (Å²) < 4.78 is 7.00. The van der Waals surface area contributed by atoms with Crippen LogP contribution in [0.2, 0.25) is 5.02 Å². The third-order valence-electron chi connectivity index (χ3n) is 3.93. The third kappa shape index (κ3) is 4.01. The zero-order valence-electron chi connectivity index (χ0n) is 14.4. The molecular formula is C18H15ClN6OS. The van der Waals surface area contributed by atoms with Crippen molar-refractivity contribution in [2.75, 3.05) is 0 Å². The van der Waals surface area contributed by atoms with Crippen molar-refractivity contribution in [3.63, 3.8) is 0 Å². The molecule has 2 aromatic heterocycles. The molecule has 4 rings (SSSR count). The van der Waals surface area contributed by atoms with E-state index in [2.05, 4.69) is 44.7 Å². The van der Waals surface area contributed by atoms with Crippen molar-refractivity contribution in [1.29, 1.82) is 0 Å². The minimum absolute atomic E-state index is 0.466. The molecule has 0 unspecified atom stereocenters. The number of benzene rings is 2. The molecule has 4 aromatic rings. The Morgan fingerprint density at radius 1 is 1.07 bits per heavy atom. The zero-order chi connectivity index (χ0) is 18.6. The molecule has 0 atom stereocenters. The summed E-state index contributed by atoms with van der Waals surface area (Å²) in [5.41, 5.74) is 3.03. The molecule has 7 nitrogen and oxygen atoms in total. The first kappa shape index (κ1) is 17.7. The number of hydrogen-bond acceptors (Lipinski definition) is 7. The SMILES string of the molecule is CCc1ccc(-c2noc(CSc3nnnn3-c3ccc(Cl)cc3)n2)cc1. The number of rotatable bonds is 6. The molecule has 2 aromatic carbocycles. The number of hydrogen-bond donors (Lipinski definition) is 0. The third-order valence-corrected chi connectivity index (χ3v) is 5.08. The minimum Gasteiger partial charge on any atom is -0.338 e. The average molecular weight is 399 g/mol. The van der Waals surface area contributed by atoms with Crippen LogP contribution in [0.4, 0.5) is 0 Å². The highest BCUT2D eigenvalue weighted by molar-refractivity contribution is 7.98. The highest BCUT2D eigenvalue weighted by Crippen LogP contribution is 2.24. The summed E-state index contributed by atoms with van der Waals surface area (Å²) in [5.74, 6) is 1.55. The van der Waals surface area contributed by atoms with E-state index in [1.54, 1.807) is 16.8 Å². The molecule has 0 aliphatic heterocycles. The second-order valence-corrected chi connectivity index (χ2v) is 7.08. The topological polar surface area (TPSA) is 82.5 Å². The van der Waals surface area contributed by atoms with Gasteiger partial charge < -0.3 is 4.52 Å². The van der Waals surface area contributed by atoms with E-state index in [1.807, 2.05) is 24.3 Å². The Hall–Kier alpha value is -2.71.